The average molecular weight is 359 g/mol. The smallest absolute Gasteiger partial charge is 0.0784 e. The lowest BCUT2D eigenvalue weighted by Crippen LogP contribution is -2.40. The molecule has 0 bridgehead atoms. The second kappa shape index (κ2) is 6.80. The van der Waals surface area contributed by atoms with Crippen molar-refractivity contribution in [3.8, 4) is 0 Å². The van der Waals surface area contributed by atoms with E-state index in [4.69, 9.17) is 11.6 Å². The van der Waals surface area contributed by atoms with Gasteiger partial charge in [-0.3, -0.25) is 0 Å². The van der Waals surface area contributed by atoms with Crippen LogP contribution in [0.2, 0.25) is 44.3 Å². The van der Waals surface area contributed by atoms with Crippen molar-refractivity contribution in [3.63, 3.8) is 0 Å². The number of hydrogen-bond donors (Lipinski definition) is 0. The molecule has 23 heavy (non-hydrogen) atoms. The lowest BCUT2D eigenvalue weighted by Gasteiger charge is -2.25. The Hall–Kier alpha value is -1.10. The normalized spacial score (nSPS) is 13.3. The monoisotopic (exact) mass is 358 g/mol. The van der Waals surface area contributed by atoms with Gasteiger partial charge in [0.05, 0.1) is 16.1 Å². The molecule has 0 saturated heterocycles. The fourth-order valence-corrected chi connectivity index (χ4v) is 5.82. The molecule has 2 aromatic rings. The third-order valence-electron chi connectivity index (χ3n) is 3.77. The van der Waals surface area contributed by atoms with Crippen molar-refractivity contribution in [3.05, 3.63) is 70.4 Å². The van der Waals surface area contributed by atoms with Gasteiger partial charge in [-0.1, -0.05) is 104 Å². The molecule has 0 nitrogen and oxygen atoms in total. The quantitative estimate of drug-likeness (QED) is 0.571. The van der Waals surface area contributed by atoms with Gasteiger partial charge in [0.1, 0.15) is 0 Å². The first-order chi connectivity index (χ1) is 10.6. The van der Waals surface area contributed by atoms with Crippen LogP contribution in [0.5, 0.6) is 0 Å². The molecule has 0 aliphatic carbocycles. The number of benzene rings is 2. The van der Waals surface area contributed by atoms with Gasteiger partial charge in [-0.15, -0.1) is 0 Å². The Balaban J connectivity index is 2.76. The standard InChI is InChI=1S/C20H27ClSi2/c1-22(2,3)15-18(16-11-7-9-13-19(16)21)17-12-8-10-14-20(17)23(4,5)6/h7-15H,1-6H3. The fraction of sp³-hybridized carbons (Fsp3) is 0.300. The molecule has 0 atom stereocenters. The highest BCUT2D eigenvalue weighted by molar-refractivity contribution is 6.89. The average Bonchev–Trinajstić information content (AvgIpc) is 2.44. The lowest BCUT2D eigenvalue weighted by atomic mass is 9.99. The summed E-state index contributed by atoms with van der Waals surface area (Å²) in [6.45, 7) is 14.3. The number of halogens is 1. The van der Waals surface area contributed by atoms with E-state index in [2.05, 4.69) is 81.4 Å². The molecule has 0 heterocycles. The lowest BCUT2D eigenvalue weighted by molar-refractivity contribution is 1.55. The topological polar surface area (TPSA) is 0 Å². The van der Waals surface area contributed by atoms with Gasteiger partial charge < -0.3 is 0 Å². The molecular formula is C20H27ClSi2. The maximum atomic E-state index is 6.55. The Morgan fingerprint density at radius 1 is 0.783 bits per heavy atom. The predicted molar refractivity (Wildman–Crippen MR) is 111 cm³/mol. The zero-order chi connectivity index (χ0) is 17.3. The Morgan fingerprint density at radius 3 is 1.83 bits per heavy atom. The second-order valence-corrected chi connectivity index (χ2v) is 18.7. The molecule has 0 N–H and O–H groups in total. The van der Waals surface area contributed by atoms with Crippen molar-refractivity contribution >= 4 is 38.5 Å². The van der Waals surface area contributed by atoms with E-state index >= 15 is 0 Å². The fourth-order valence-electron chi connectivity index (χ4n) is 2.79. The molecule has 0 aliphatic heterocycles. The van der Waals surface area contributed by atoms with Gasteiger partial charge in [-0.2, -0.15) is 0 Å². The largest absolute Gasteiger partial charge is 0.0867 e. The van der Waals surface area contributed by atoms with Crippen LogP contribution in [0, 0.1) is 0 Å². The van der Waals surface area contributed by atoms with Crippen LogP contribution in [0.15, 0.2) is 54.2 Å². The first-order valence-corrected chi connectivity index (χ1v) is 15.6. The summed E-state index contributed by atoms with van der Waals surface area (Å²) >= 11 is 6.55. The van der Waals surface area contributed by atoms with Crippen LogP contribution < -0.4 is 5.19 Å². The van der Waals surface area contributed by atoms with Crippen LogP contribution in [-0.2, 0) is 0 Å². The number of hydrogen-bond acceptors (Lipinski definition) is 0. The minimum atomic E-state index is -1.43. The number of rotatable bonds is 4. The maximum Gasteiger partial charge on any atom is 0.0784 e. The predicted octanol–water partition coefficient (Wildman–Crippen LogP) is 6.19. The Labute approximate surface area is 148 Å². The molecule has 0 unspecified atom stereocenters. The Kier molecular flexibility index (Phi) is 5.39. The third-order valence-corrected chi connectivity index (χ3v) is 7.30. The highest BCUT2D eigenvalue weighted by Crippen LogP contribution is 2.31. The van der Waals surface area contributed by atoms with Gasteiger partial charge >= 0.3 is 0 Å². The van der Waals surface area contributed by atoms with E-state index in [0.717, 1.165) is 10.6 Å². The minimum absolute atomic E-state index is 0.836. The summed E-state index contributed by atoms with van der Waals surface area (Å²) in [5.41, 5.74) is 6.32. The van der Waals surface area contributed by atoms with E-state index in [1.807, 2.05) is 12.1 Å². The van der Waals surface area contributed by atoms with E-state index in [9.17, 15) is 0 Å². The second-order valence-electron chi connectivity index (χ2n) is 8.20. The van der Waals surface area contributed by atoms with Crippen molar-refractivity contribution in [1.29, 1.82) is 0 Å². The molecule has 2 rings (SSSR count). The van der Waals surface area contributed by atoms with Gasteiger partial charge in [0.2, 0.25) is 0 Å². The van der Waals surface area contributed by atoms with Gasteiger partial charge in [-0.25, -0.2) is 0 Å². The van der Waals surface area contributed by atoms with Gasteiger partial charge in [-0.05, 0) is 17.2 Å². The van der Waals surface area contributed by atoms with Crippen LogP contribution in [0.25, 0.3) is 5.57 Å². The summed E-state index contributed by atoms with van der Waals surface area (Å²) < 4.78 is 0. The zero-order valence-corrected chi connectivity index (χ0v) is 17.8. The summed E-state index contributed by atoms with van der Waals surface area (Å²) in [4.78, 5) is 0. The Bertz CT molecular complexity index is 719. The molecule has 0 radical (unpaired) electrons. The van der Waals surface area contributed by atoms with Crippen LogP contribution in [0.3, 0.4) is 0 Å². The molecule has 122 valence electrons. The van der Waals surface area contributed by atoms with Crippen molar-refractivity contribution in [2.24, 2.45) is 0 Å². The first kappa shape index (κ1) is 18.2. The molecule has 2 aromatic carbocycles. The summed E-state index contributed by atoms with van der Waals surface area (Å²) in [5.74, 6) is 0. The molecule has 0 fully saturated rings. The van der Waals surface area contributed by atoms with Crippen LogP contribution in [-0.4, -0.2) is 16.1 Å². The summed E-state index contributed by atoms with van der Waals surface area (Å²) in [6, 6.07) is 17.1. The van der Waals surface area contributed by atoms with E-state index in [0.29, 0.717) is 0 Å². The maximum absolute atomic E-state index is 6.55. The van der Waals surface area contributed by atoms with E-state index in [1.165, 1.54) is 16.3 Å². The highest BCUT2D eigenvalue weighted by Gasteiger charge is 2.24. The first-order valence-electron chi connectivity index (χ1n) is 8.17. The highest BCUT2D eigenvalue weighted by atomic mass is 35.5. The summed E-state index contributed by atoms with van der Waals surface area (Å²) in [7, 11) is -2.83. The molecule has 0 aromatic heterocycles. The van der Waals surface area contributed by atoms with E-state index < -0.39 is 16.1 Å². The van der Waals surface area contributed by atoms with Gasteiger partial charge in [0.25, 0.3) is 0 Å². The SMILES string of the molecule is C[Si](C)(C)C=C(c1ccccc1Cl)c1ccccc1[Si](C)(C)C. The van der Waals surface area contributed by atoms with Crippen molar-refractivity contribution < 1.29 is 0 Å². The molecule has 3 heteroatoms. The van der Waals surface area contributed by atoms with Crippen LogP contribution in [0.4, 0.5) is 0 Å². The molecule has 0 aliphatic rings. The summed E-state index contributed by atoms with van der Waals surface area (Å²) in [5, 5.41) is 2.34. The van der Waals surface area contributed by atoms with Gasteiger partial charge in [0.15, 0.2) is 0 Å². The van der Waals surface area contributed by atoms with Crippen molar-refractivity contribution in [2.75, 3.05) is 0 Å². The van der Waals surface area contributed by atoms with E-state index in [1.54, 1.807) is 0 Å². The molecule has 0 spiro atoms. The molecule has 0 amide bonds. The van der Waals surface area contributed by atoms with E-state index in [-0.39, 0.29) is 0 Å². The summed E-state index contributed by atoms with van der Waals surface area (Å²) in [6.07, 6.45) is 0. The molecular weight excluding hydrogens is 332 g/mol. The van der Waals surface area contributed by atoms with Crippen molar-refractivity contribution in [2.45, 2.75) is 39.3 Å². The van der Waals surface area contributed by atoms with Crippen LogP contribution >= 0.6 is 11.6 Å². The van der Waals surface area contributed by atoms with Crippen LogP contribution in [0.1, 0.15) is 11.1 Å². The van der Waals surface area contributed by atoms with Gasteiger partial charge in [0, 0.05) is 10.6 Å². The molecule has 0 saturated carbocycles. The minimum Gasteiger partial charge on any atom is -0.0867 e. The third kappa shape index (κ3) is 4.69. The Morgan fingerprint density at radius 2 is 1.30 bits per heavy atom. The zero-order valence-electron chi connectivity index (χ0n) is 15.1. The van der Waals surface area contributed by atoms with Crippen molar-refractivity contribution in [1.82, 2.24) is 0 Å².